The van der Waals surface area contributed by atoms with E-state index in [1.165, 1.54) is 4.88 Å². The number of hydrogen-bond acceptors (Lipinski definition) is 2. The van der Waals surface area contributed by atoms with Crippen LogP contribution in [0.2, 0.25) is 0 Å². The monoisotopic (exact) mass is 360 g/mol. The summed E-state index contributed by atoms with van der Waals surface area (Å²) < 4.78 is 2.06. The van der Waals surface area contributed by atoms with Crippen LogP contribution in [0.15, 0.2) is 44.7 Å². The molecule has 0 aliphatic carbocycles. The molecule has 2 aromatic rings. The minimum Gasteiger partial charge on any atom is -0.388 e. The maximum Gasteiger partial charge on any atom is 0.0849 e. The molecular formula is C12H10Br2OS. The van der Waals surface area contributed by atoms with Gasteiger partial charge in [-0.2, -0.15) is 0 Å². The van der Waals surface area contributed by atoms with Gasteiger partial charge in [0, 0.05) is 15.8 Å². The summed E-state index contributed by atoms with van der Waals surface area (Å²) in [7, 11) is 0. The van der Waals surface area contributed by atoms with Gasteiger partial charge in [-0.3, -0.25) is 0 Å². The van der Waals surface area contributed by atoms with Gasteiger partial charge in [0.1, 0.15) is 0 Å². The van der Waals surface area contributed by atoms with E-state index in [1.807, 2.05) is 36.4 Å². The van der Waals surface area contributed by atoms with Gasteiger partial charge in [0.15, 0.2) is 0 Å². The predicted octanol–water partition coefficient (Wildman–Crippen LogP) is 4.55. The minimum absolute atomic E-state index is 0.457. The minimum atomic E-state index is -0.457. The molecule has 0 saturated heterocycles. The van der Waals surface area contributed by atoms with E-state index >= 15 is 0 Å². The first-order valence-corrected chi connectivity index (χ1v) is 7.24. The van der Waals surface area contributed by atoms with Crippen LogP contribution in [0, 0.1) is 0 Å². The number of hydrogen-bond donors (Lipinski definition) is 1. The third kappa shape index (κ3) is 2.94. The van der Waals surface area contributed by atoms with Gasteiger partial charge in [-0.1, -0.05) is 34.1 Å². The molecule has 4 heteroatoms. The molecule has 1 heterocycles. The molecule has 1 aromatic heterocycles. The first-order chi connectivity index (χ1) is 7.66. The molecule has 1 aromatic carbocycles. The van der Waals surface area contributed by atoms with Crippen molar-refractivity contribution in [3.63, 3.8) is 0 Å². The van der Waals surface area contributed by atoms with E-state index in [9.17, 15) is 5.11 Å². The molecule has 1 nitrogen and oxygen atoms in total. The average molecular weight is 362 g/mol. The van der Waals surface area contributed by atoms with E-state index in [2.05, 4.69) is 31.9 Å². The van der Waals surface area contributed by atoms with Gasteiger partial charge < -0.3 is 5.11 Å². The van der Waals surface area contributed by atoms with Gasteiger partial charge in [0.25, 0.3) is 0 Å². The molecule has 0 aliphatic rings. The number of rotatable bonds is 3. The molecule has 84 valence electrons. The number of aliphatic hydroxyl groups excluding tert-OH is 1. The van der Waals surface area contributed by atoms with Crippen molar-refractivity contribution in [3.8, 4) is 0 Å². The molecule has 0 fully saturated rings. The zero-order valence-electron chi connectivity index (χ0n) is 8.36. The van der Waals surface area contributed by atoms with E-state index in [0.29, 0.717) is 6.42 Å². The molecule has 0 saturated carbocycles. The molecule has 1 unspecified atom stereocenters. The Morgan fingerprint density at radius 3 is 2.50 bits per heavy atom. The molecule has 0 bridgehead atoms. The Kier molecular flexibility index (Phi) is 4.19. The predicted molar refractivity (Wildman–Crippen MR) is 74.8 cm³/mol. The molecule has 0 spiro atoms. The van der Waals surface area contributed by atoms with Crippen LogP contribution < -0.4 is 0 Å². The Balaban J connectivity index is 2.14. The van der Waals surface area contributed by atoms with Crippen molar-refractivity contribution in [2.24, 2.45) is 0 Å². The molecule has 0 amide bonds. The fourth-order valence-electron chi connectivity index (χ4n) is 1.51. The van der Waals surface area contributed by atoms with E-state index in [0.717, 1.165) is 13.8 Å². The number of halogens is 2. The summed E-state index contributed by atoms with van der Waals surface area (Å²) in [6.07, 6.45) is 0.194. The lowest BCUT2D eigenvalue weighted by molar-refractivity contribution is 0.178. The van der Waals surface area contributed by atoms with Crippen molar-refractivity contribution in [1.29, 1.82) is 0 Å². The molecule has 0 radical (unpaired) electrons. The average Bonchev–Trinajstić information content (AvgIpc) is 2.64. The molecule has 16 heavy (non-hydrogen) atoms. The summed E-state index contributed by atoms with van der Waals surface area (Å²) in [5, 5.41) is 10.1. The largest absolute Gasteiger partial charge is 0.388 e. The van der Waals surface area contributed by atoms with Crippen molar-refractivity contribution in [1.82, 2.24) is 0 Å². The molecule has 2 rings (SSSR count). The van der Waals surface area contributed by atoms with Crippen molar-refractivity contribution in [2.75, 3.05) is 0 Å². The Morgan fingerprint density at radius 2 is 1.88 bits per heavy atom. The molecular weight excluding hydrogens is 352 g/mol. The number of benzene rings is 1. The van der Waals surface area contributed by atoms with Crippen molar-refractivity contribution in [3.05, 3.63) is 55.1 Å². The maximum absolute atomic E-state index is 10.1. The van der Waals surface area contributed by atoms with Gasteiger partial charge in [0.2, 0.25) is 0 Å². The third-order valence-corrected chi connectivity index (χ3v) is 4.66. The zero-order valence-corrected chi connectivity index (χ0v) is 12.3. The van der Waals surface area contributed by atoms with E-state index in [4.69, 9.17) is 0 Å². The van der Waals surface area contributed by atoms with Gasteiger partial charge in [0.05, 0.1) is 9.89 Å². The summed E-state index contributed by atoms with van der Waals surface area (Å²) in [4.78, 5) is 1.18. The van der Waals surface area contributed by atoms with Crippen molar-refractivity contribution < 1.29 is 5.11 Å². The van der Waals surface area contributed by atoms with Crippen LogP contribution in [0.3, 0.4) is 0 Å². The fraction of sp³-hybridized carbons (Fsp3) is 0.167. The van der Waals surface area contributed by atoms with E-state index < -0.39 is 6.10 Å². The molecule has 0 aliphatic heterocycles. The van der Waals surface area contributed by atoms with Crippen LogP contribution in [-0.4, -0.2) is 5.11 Å². The van der Waals surface area contributed by atoms with E-state index in [1.54, 1.807) is 11.3 Å². The maximum atomic E-state index is 10.1. The number of aliphatic hydroxyl groups is 1. The summed E-state index contributed by atoms with van der Waals surface area (Å²) in [5.74, 6) is 0. The first kappa shape index (κ1) is 12.3. The molecule has 1 atom stereocenters. The fourth-order valence-corrected chi connectivity index (χ4v) is 3.58. The topological polar surface area (TPSA) is 20.2 Å². The van der Waals surface area contributed by atoms with Crippen molar-refractivity contribution in [2.45, 2.75) is 12.5 Å². The Labute approximate surface area is 115 Å². The van der Waals surface area contributed by atoms with Crippen LogP contribution >= 0.6 is 43.2 Å². The second-order valence-electron chi connectivity index (χ2n) is 3.45. The Bertz CT molecular complexity index is 481. The smallest absolute Gasteiger partial charge is 0.0849 e. The SMILES string of the molecule is OC(Cc1ccc(Br)s1)c1ccccc1Br. The van der Waals surface area contributed by atoms with Gasteiger partial charge >= 0.3 is 0 Å². The summed E-state index contributed by atoms with van der Waals surface area (Å²) in [6.45, 7) is 0. The van der Waals surface area contributed by atoms with Crippen molar-refractivity contribution >= 4 is 43.2 Å². The lowest BCUT2D eigenvalue weighted by atomic mass is 10.1. The summed E-state index contributed by atoms with van der Waals surface area (Å²) in [5.41, 5.74) is 0.937. The van der Waals surface area contributed by atoms with Crippen LogP contribution in [0.5, 0.6) is 0 Å². The van der Waals surface area contributed by atoms with Crippen LogP contribution in [-0.2, 0) is 6.42 Å². The summed E-state index contributed by atoms with van der Waals surface area (Å²) in [6, 6.07) is 11.8. The second-order valence-corrected chi connectivity index (χ2v) is 6.85. The van der Waals surface area contributed by atoms with Gasteiger partial charge in [-0.05, 0) is 39.7 Å². The lowest BCUT2D eigenvalue weighted by Crippen LogP contribution is -2.01. The van der Waals surface area contributed by atoms with E-state index in [-0.39, 0.29) is 0 Å². The van der Waals surface area contributed by atoms with Crippen LogP contribution in [0.25, 0.3) is 0 Å². The number of thiophene rings is 1. The zero-order chi connectivity index (χ0) is 11.5. The highest BCUT2D eigenvalue weighted by atomic mass is 79.9. The molecule has 1 N–H and O–H groups in total. The Hall–Kier alpha value is -0.160. The first-order valence-electron chi connectivity index (χ1n) is 4.83. The van der Waals surface area contributed by atoms with Gasteiger partial charge in [-0.25, -0.2) is 0 Å². The standard InChI is InChI=1S/C12H10Br2OS/c13-10-4-2-1-3-9(10)11(15)7-8-5-6-12(14)16-8/h1-6,11,15H,7H2. The highest BCUT2D eigenvalue weighted by Gasteiger charge is 2.12. The highest BCUT2D eigenvalue weighted by Crippen LogP contribution is 2.29. The second kappa shape index (κ2) is 5.45. The highest BCUT2D eigenvalue weighted by molar-refractivity contribution is 9.11. The Morgan fingerprint density at radius 1 is 1.12 bits per heavy atom. The van der Waals surface area contributed by atoms with Crippen LogP contribution in [0.1, 0.15) is 16.5 Å². The lowest BCUT2D eigenvalue weighted by Gasteiger charge is -2.11. The third-order valence-electron chi connectivity index (χ3n) is 2.29. The quantitative estimate of drug-likeness (QED) is 0.850. The summed E-state index contributed by atoms with van der Waals surface area (Å²) >= 11 is 8.53. The normalized spacial score (nSPS) is 12.7. The van der Waals surface area contributed by atoms with Crippen LogP contribution in [0.4, 0.5) is 0 Å². The van der Waals surface area contributed by atoms with Gasteiger partial charge in [-0.15, -0.1) is 11.3 Å².